The maximum absolute atomic E-state index is 11.4. The smallest absolute Gasteiger partial charge is 0.367 e. The number of carbonyl (C=O) groups excluding carboxylic acids is 2. The Bertz CT molecular complexity index is 321. The summed E-state index contributed by atoms with van der Waals surface area (Å²) in [6.45, 7) is 0. The van der Waals surface area contributed by atoms with Crippen LogP contribution in [-0.4, -0.2) is 23.9 Å². The van der Waals surface area contributed by atoms with Crippen molar-refractivity contribution in [1.29, 1.82) is 0 Å². The standard InChI is InChI=1S/C10H10O3S/c1-13-10(12)14-7-9(11)8-5-3-2-4-6-8/h2-6H,7H2,1H3. The fourth-order valence-corrected chi connectivity index (χ4v) is 1.42. The largest absolute Gasteiger partial charge is 0.461 e. The van der Waals surface area contributed by atoms with Gasteiger partial charge < -0.3 is 4.74 Å². The maximum atomic E-state index is 11.4. The van der Waals surface area contributed by atoms with Gasteiger partial charge in [-0.2, -0.15) is 0 Å². The number of ether oxygens (including phenoxy) is 1. The number of benzene rings is 1. The molecule has 0 heterocycles. The van der Waals surface area contributed by atoms with Crippen molar-refractivity contribution in [3.63, 3.8) is 0 Å². The summed E-state index contributed by atoms with van der Waals surface area (Å²) < 4.78 is 4.41. The van der Waals surface area contributed by atoms with Crippen LogP contribution in [0.5, 0.6) is 0 Å². The first-order valence-corrected chi connectivity index (χ1v) is 5.01. The highest BCUT2D eigenvalue weighted by Crippen LogP contribution is 2.09. The molecule has 0 aliphatic carbocycles. The van der Waals surface area contributed by atoms with Crippen LogP contribution in [-0.2, 0) is 4.74 Å². The normalized spacial score (nSPS) is 9.50. The van der Waals surface area contributed by atoms with Gasteiger partial charge in [0.25, 0.3) is 0 Å². The lowest BCUT2D eigenvalue weighted by molar-refractivity contribution is 0.102. The van der Waals surface area contributed by atoms with Crippen molar-refractivity contribution in [2.75, 3.05) is 12.9 Å². The third-order valence-electron chi connectivity index (χ3n) is 1.58. The Balaban J connectivity index is 2.48. The summed E-state index contributed by atoms with van der Waals surface area (Å²) in [6.07, 6.45) is 0. The van der Waals surface area contributed by atoms with E-state index in [-0.39, 0.29) is 11.5 Å². The van der Waals surface area contributed by atoms with E-state index in [1.54, 1.807) is 24.3 Å². The lowest BCUT2D eigenvalue weighted by Crippen LogP contribution is -2.04. The molecule has 1 rings (SSSR count). The highest BCUT2D eigenvalue weighted by molar-refractivity contribution is 8.13. The maximum Gasteiger partial charge on any atom is 0.367 e. The highest BCUT2D eigenvalue weighted by atomic mass is 32.2. The monoisotopic (exact) mass is 210 g/mol. The van der Waals surface area contributed by atoms with E-state index in [1.165, 1.54) is 7.11 Å². The molecule has 74 valence electrons. The third kappa shape index (κ3) is 3.22. The Kier molecular flexibility index (Phi) is 4.19. The average Bonchev–Trinajstić information content (AvgIpc) is 2.26. The fourth-order valence-electron chi connectivity index (χ4n) is 0.891. The first-order valence-electron chi connectivity index (χ1n) is 4.03. The second-order valence-corrected chi connectivity index (χ2v) is 3.44. The summed E-state index contributed by atoms with van der Waals surface area (Å²) in [7, 11) is 1.29. The number of hydrogen-bond acceptors (Lipinski definition) is 4. The zero-order chi connectivity index (χ0) is 10.4. The second kappa shape index (κ2) is 5.44. The molecule has 0 atom stereocenters. The molecule has 0 aromatic heterocycles. The SMILES string of the molecule is COC(=O)SCC(=O)c1ccccc1. The van der Waals surface area contributed by atoms with Crippen molar-refractivity contribution in [2.45, 2.75) is 0 Å². The van der Waals surface area contributed by atoms with Gasteiger partial charge in [-0.15, -0.1) is 0 Å². The number of hydrogen-bond donors (Lipinski definition) is 0. The van der Waals surface area contributed by atoms with Crippen LogP contribution < -0.4 is 0 Å². The topological polar surface area (TPSA) is 43.4 Å². The Morgan fingerprint density at radius 2 is 1.93 bits per heavy atom. The van der Waals surface area contributed by atoms with E-state index >= 15 is 0 Å². The minimum Gasteiger partial charge on any atom is -0.461 e. The molecular formula is C10H10O3S. The van der Waals surface area contributed by atoms with E-state index in [0.717, 1.165) is 11.8 Å². The molecule has 0 saturated carbocycles. The van der Waals surface area contributed by atoms with E-state index in [4.69, 9.17) is 0 Å². The van der Waals surface area contributed by atoms with Crippen LogP contribution in [0.4, 0.5) is 4.79 Å². The Labute approximate surface area is 86.5 Å². The zero-order valence-corrected chi connectivity index (χ0v) is 8.54. The molecule has 0 N–H and O–H groups in total. The van der Waals surface area contributed by atoms with Gasteiger partial charge in [0, 0.05) is 5.56 Å². The number of carbonyl (C=O) groups is 2. The molecule has 1 aromatic carbocycles. The number of thioether (sulfide) groups is 1. The van der Waals surface area contributed by atoms with Crippen molar-refractivity contribution < 1.29 is 14.3 Å². The van der Waals surface area contributed by atoms with Crippen LogP contribution in [0.15, 0.2) is 30.3 Å². The Hall–Kier alpha value is -1.29. The summed E-state index contributed by atoms with van der Waals surface area (Å²) in [5.41, 5.74) is 0.615. The third-order valence-corrected chi connectivity index (χ3v) is 2.39. The molecule has 1 aromatic rings. The van der Waals surface area contributed by atoms with Gasteiger partial charge >= 0.3 is 5.30 Å². The summed E-state index contributed by atoms with van der Waals surface area (Å²) in [4.78, 5) is 22.2. The van der Waals surface area contributed by atoms with Crippen molar-refractivity contribution in [3.05, 3.63) is 35.9 Å². The molecule has 0 unspecified atom stereocenters. The van der Waals surface area contributed by atoms with E-state index < -0.39 is 5.30 Å². The van der Waals surface area contributed by atoms with Crippen LogP contribution >= 0.6 is 11.8 Å². The van der Waals surface area contributed by atoms with Gasteiger partial charge in [0.05, 0.1) is 12.9 Å². The molecule has 3 nitrogen and oxygen atoms in total. The number of ketones is 1. The average molecular weight is 210 g/mol. The van der Waals surface area contributed by atoms with Crippen molar-refractivity contribution in [3.8, 4) is 0 Å². The predicted octanol–water partition coefficient (Wildman–Crippen LogP) is 2.37. The van der Waals surface area contributed by atoms with Gasteiger partial charge in [-0.25, -0.2) is 4.79 Å². The molecule has 14 heavy (non-hydrogen) atoms. The summed E-state index contributed by atoms with van der Waals surface area (Å²) in [5, 5.41) is -0.436. The highest BCUT2D eigenvalue weighted by Gasteiger charge is 2.08. The van der Waals surface area contributed by atoms with Crippen LogP contribution in [0.1, 0.15) is 10.4 Å². The molecular weight excluding hydrogens is 200 g/mol. The minimum absolute atomic E-state index is 0.0685. The molecule has 0 fully saturated rings. The molecule has 0 aliphatic heterocycles. The molecule has 0 saturated heterocycles. The zero-order valence-electron chi connectivity index (χ0n) is 7.73. The number of methoxy groups -OCH3 is 1. The van der Waals surface area contributed by atoms with Crippen molar-refractivity contribution >= 4 is 22.8 Å². The van der Waals surface area contributed by atoms with Gasteiger partial charge in [-0.05, 0) is 11.8 Å². The van der Waals surface area contributed by atoms with E-state index in [9.17, 15) is 9.59 Å². The molecule has 0 bridgehead atoms. The van der Waals surface area contributed by atoms with Crippen LogP contribution in [0.25, 0.3) is 0 Å². The van der Waals surface area contributed by atoms with Gasteiger partial charge in [-0.3, -0.25) is 4.79 Å². The molecule has 0 amide bonds. The molecule has 0 aliphatic rings. The first-order chi connectivity index (χ1) is 6.74. The van der Waals surface area contributed by atoms with Gasteiger partial charge in [0.15, 0.2) is 5.78 Å². The predicted molar refractivity (Wildman–Crippen MR) is 55.6 cm³/mol. The summed E-state index contributed by atoms with van der Waals surface area (Å²) in [5.74, 6) is 0.0532. The first kappa shape index (κ1) is 10.8. The Morgan fingerprint density at radius 3 is 2.50 bits per heavy atom. The van der Waals surface area contributed by atoms with E-state index in [2.05, 4.69) is 4.74 Å². The van der Waals surface area contributed by atoms with Crippen molar-refractivity contribution in [1.82, 2.24) is 0 Å². The second-order valence-electron chi connectivity index (χ2n) is 2.53. The molecule has 0 radical (unpaired) electrons. The van der Waals surface area contributed by atoms with Crippen molar-refractivity contribution in [2.24, 2.45) is 0 Å². The number of Topliss-reactive ketones (excluding diaryl/α,β-unsaturated/α-hetero) is 1. The van der Waals surface area contributed by atoms with Gasteiger partial charge in [0.2, 0.25) is 0 Å². The molecule has 0 spiro atoms. The van der Waals surface area contributed by atoms with Crippen LogP contribution in [0.2, 0.25) is 0 Å². The van der Waals surface area contributed by atoms with Gasteiger partial charge in [-0.1, -0.05) is 30.3 Å². The number of rotatable bonds is 3. The summed E-state index contributed by atoms with van der Waals surface area (Å²) in [6, 6.07) is 8.86. The van der Waals surface area contributed by atoms with Gasteiger partial charge in [0.1, 0.15) is 0 Å². The minimum atomic E-state index is -0.436. The quantitative estimate of drug-likeness (QED) is 0.567. The summed E-state index contributed by atoms with van der Waals surface area (Å²) >= 11 is 0.869. The fraction of sp³-hybridized carbons (Fsp3) is 0.200. The van der Waals surface area contributed by atoms with E-state index in [0.29, 0.717) is 5.56 Å². The van der Waals surface area contributed by atoms with Crippen LogP contribution in [0, 0.1) is 0 Å². The van der Waals surface area contributed by atoms with E-state index in [1.807, 2.05) is 6.07 Å². The van der Waals surface area contributed by atoms with Crippen LogP contribution in [0.3, 0.4) is 0 Å². The Morgan fingerprint density at radius 1 is 1.29 bits per heavy atom. The lowest BCUT2D eigenvalue weighted by atomic mass is 10.2. The molecule has 4 heteroatoms. The lowest BCUT2D eigenvalue weighted by Gasteiger charge is -1.99.